The molecule has 1 aromatic carbocycles. The van der Waals surface area contributed by atoms with Crippen molar-refractivity contribution in [2.24, 2.45) is 0 Å². The van der Waals surface area contributed by atoms with Gasteiger partial charge in [0, 0.05) is 12.7 Å². The molecule has 0 fully saturated rings. The maximum absolute atomic E-state index is 11.0. The number of hydrazine groups is 1. The van der Waals surface area contributed by atoms with Crippen molar-refractivity contribution in [1.82, 2.24) is 10.9 Å². The third kappa shape index (κ3) is 3.13. The number of carbonyl (C=O) groups excluding carboxylic acids is 1. The molecule has 4 heteroatoms. The molecule has 0 aliphatic rings. The van der Waals surface area contributed by atoms with Crippen LogP contribution in [0, 0.1) is 6.92 Å². The molecular formula is C9H13N3O. The molecule has 0 aliphatic heterocycles. The molecule has 70 valence electrons. The van der Waals surface area contributed by atoms with E-state index in [0.29, 0.717) is 0 Å². The van der Waals surface area contributed by atoms with Gasteiger partial charge in [0.15, 0.2) is 0 Å². The second-order valence-electron chi connectivity index (χ2n) is 2.70. The number of hydrogen-bond acceptors (Lipinski definition) is 2. The number of rotatable bonds is 2. The van der Waals surface area contributed by atoms with E-state index in [-0.39, 0.29) is 6.03 Å². The van der Waals surface area contributed by atoms with Crippen LogP contribution in [0.3, 0.4) is 0 Å². The smallest absolute Gasteiger partial charge is 0.307 e. The zero-order valence-corrected chi connectivity index (χ0v) is 7.72. The van der Waals surface area contributed by atoms with Crippen LogP contribution in [0.15, 0.2) is 24.3 Å². The lowest BCUT2D eigenvalue weighted by atomic mass is 10.2. The highest BCUT2D eigenvalue weighted by Crippen LogP contribution is 2.08. The highest BCUT2D eigenvalue weighted by Gasteiger charge is 1.98. The van der Waals surface area contributed by atoms with Crippen LogP contribution in [0.4, 0.5) is 10.5 Å². The van der Waals surface area contributed by atoms with E-state index in [2.05, 4.69) is 16.2 Å². The number of benzene rings is 1. The van der Waals surface area contributed by atoms with Crippen molar-refractivity contribution < 1.29 is 4.79 Å². The fraction of sp³-hybridized carbons (Fsp3) is 0.222. The Morgan fingerprint density at radius 1 is 1.38 bits per heavy atom. The first-order valence-electron chi connectivity index (χ1n) is 4.03. The van der Waals surface area contributed by atoms with Gasteiger partial charge in [-0.2, -0.15) is 0 Å². The van der Waals surface area contributed by atoms with E-state index in [0.717, 1.165) is 11.3 Å². The molecule has 1 aromatic rings. The van der Waals surface area contributed by atoms with Crippen molar-refractivity contribution in [2.45, 2.75) is 6.92 Å². The lowest BCUT2D eigenvalue weighted by Crippen LogP contribution is -2.37. The molecule has 0 atom stereocenters. The summed E-state index contributed by atoms with van der Waals surface area (Å²) in [5, 5.41) is 2.67. The van der Waals surface area contributed by atoms with Crippen molar-refractivity contribution in [3.05, 3.63) is 29.8 Å². The average molecular weight is 179 g/mol. The summed E-state index contributed by atoms with van der Waals surface area (Å²) >= 11 is 0. The number of nitrogens with one attached hydrogen (secondary N) is 3. The summed E-state index contributed by atoms with van der Waals surface area (Å²) in [5.74, 6) is 0. The van der Waals surface area contributed by atoms with Crippen molar-refractivity contribution in [1.29, 1.82) is 0 Å². The van der Waals surface area contributed by atoms with Crippen LogP contribution < -0.4 is 16.2 Å². The van der Waals surface area contributed by atoms with Crippen LogP contribution >= 0.6 is 0 Å². The number of anilines is 1. The zero-order chi connectivity index (χ0) is 9.68. The van der Waals surface area contributed by atoms with E-state index < -0.39 is 0 Å². The largest absolute Gasteiger partial charge is 0.333 e. The van der Waals surface area contributed by atoms with Gasteiger partial charge in [-0.05, 0) is 24.6 Å². The SMILES string of the molecule is CNNC(=O)Nc1cccc(C)c1. The Labute approximate surface area is 77.3 Å². The third-order valence-corrected chi connectivity index (χ3v) is 1.51. The Hall–Kier alpha value is -1.55. The van der Waals surface area contributed by atoms with Gasteiger partial charge in [0.25, 0.3) is 0 Å². The molecule has 0 bridgehead atoms. The first kappa shape index (κ1) is 9.54. The minimum atomic E-state index is -0.270. The van der Waals surface area contributed by atoms with Gasteiger partial charge in [0.05, 0.1) is 0 Å². The quantitative estimate of drug-likeness (QED) is 0.598. The van der Waals surface area contributed by atoms with Gasteiger partial charge < -0.3 is 5.32 Å². The molecule has 0 aliphatic carbocycles. The topological polar surface area (TPSA) is 53.2 Å². The molecule has 13 heavy (non-hydrogen) atoms. The number of hydrogen-bond donors (Lipinski definition) is 3. The Bertz CT molecular complexity index is 299. The van der Waals surface area contributed by atoms with E-state index in [1.54, 1.807) is 7.05 Å². The van der Waals surface area contributed by atoms with Crippen LogP contribution in [-0.2, 0) is 0 Å². The Kier molecular flexibility index (Phi) is 3.28. The average Bonchev–Trinajstić information content (AvgIpc) is 2.04. The predicted octanol–water partition coefficient (Wildman–Crippen LogP) is 1.25. The van der Waals surface area contributed by atoms with Crippen LogP contribution in [0.25, 0.3) is 0 Å². The number of carbonyl (C=O) groups is 1. The molecule has 0 spiro atoms. The first-order valence-corrected chi connectivity index (χ1v) is 4.03. The molecule has 2 amide bonds. The van der Waals surface area contributed by atoms with E-state index in [1.807, 2.05) is 31.2 Å². The van der Waals surface area contributed by atoms with Crippen molar-refractivity contribution in [3.63, 3.8) is 0 Å². The summed E-state index contributed by atoms with van der Waals surface area (Å²) in [7, 11) is 1.63. The number of urea groups is 1. The van der Waals surface area contributed by atoms with Gasteiger partial charge in [-0.3, -0.25) is 5.43 Å². The summed E-state index contributed by atoms with van der Waals surface area (Å²) in [6.45, 7) is 1.97. The van der Waals surface area contributed by atoms with Crippen LogP contribution in [-0.4, -0.2) is 13.1 Å². The fourth-order valence-electron chi connectivity index (χ4n) is 0.999. The molecule has 0 saturated carbocycles. The first-order chi connectivity index (χ1) is 6.22. The molecule has 0 heterocycles. The molecule has 0 saturated heterocycles. The molecule has 1 rings (SSSR count). The van der Waals surface area contributed by atoms with E-state index >= 15 is 0 Å². The minimum absolute atomic E-state index is 0.270. The van der Waals surface area contributed by atoms with Crippen LogP contribution in [0.5, 0.6) is 0 Å². The van der Waals surface area contributed by atoms with Crippen LogP contribution in [0.1, 0.15) is 5.56 Å². The molecule has 0 unspecified atom stereocenters. The summed E-state index contributed by atoms with van der Waals surface area (Å²) in [6.07, 6.45) is 0. The minimum Gasteiger partial charge on any atom is -0.307 e. The Balaban J connectivity index is 2.58. The van der Waals surface area contributed by atoms with Crippen molar-refractivity contribution >= 4 is 11.7 Å². The highest BCUT2D eigenvalue weighted by molar-refractivity contribution is 5.88. The summed E-state index contributed by atoms with van der Waals surface area (Å²) in [6, 6.07) is 7.33. The summed E-state index contributed by atoms with van der Waals surface area (Å²) in [5.41, 5.74) is 6.85. The van der Waals surface area contributed by atoms with Gasteiger partial charge in [-0.25, -0.2) is 10.2 Å². The lowest BCUT2D eigenvalue weighted by Gasteiger charge is -2.06. The van der Waals surface area contributed by atoms with Gasteiger partial charge in [-0.15, -0.1) is 0 Å². The molecule has 4 nitrogen and oxygen atoms in total. The zero-order valence-electron chi connectivity index (χ0n) is 7.72. The van der Waals surface area contributed by atoms with E-state index in [4.69, 9.17) is 0 Å². The Morgan fingerprint density at radius 3 is 2.77 bits per heavy atom. The van der Waals surface area contributed by atoms with Gasteiger partial charge in [0.2, 0.25) is 0 Å². The number of amides is 2. The predicted molar refractivity (Wildman–Crippen MR) is 52.4 cm³/mol. The van der Waals surface area contributed by atoms with E-state index in [1.165, 1.54) is 0 Å². The lowest BCUT2D eigenvalue weighted by molar-refractivity contribution is 0.249. The normalized spacial score (nSPS) is 9.38. The molecule has 0 radical (unpaired) electrons. The van der Waals surface area contributed by atoms with Crippen molar-refractivity contribution in [2.75, 3.05) is 12.4 Å². The Morgan fingerprint density at radius 2 is 2.15 bits per heavy atom. The second-order valence-corrected chi connectivity index (χ2v) is 2.70. The molecule has 3 N–H and O–H groups in total. The van der Waals surface area contributed by atoms with E-state index in [9.17, 15) is 4.79 Å². The van der Waals surface area contributed by atoms with Gasteiger partial charge in [-0.1, -0.05) is 12.1 Å². The van der Waals surface area contributed by atoms with Crippen molar-refractivity contribution in [3.8, 4) is 0 Å². The highest BCUT2D eigenvalue weighted by atomic mass is 16.2. The van der Waals surface area contributed by atoms with Gasteiger partial charge >= 0.3 is 6.03 Å². The standard InChI is InChI=1S/C9H13N3O/c1-7-4-3-5-8(6-7)11-9(13)12-10-2/h3-6,10H,1-2H3,(H2,11,12,13). The summed E-state index contributed by atoms with van der Waals surface area (Å²) in [4.78, 5) is 11.0. The monoisotopic (exact) mass is 179 g/mol. The molecular weight excluding hydrogens is 166 g/mol. The number of aryl methyl sites for hydroxylation is 1. The summed E-state index contributed by atoms with van der Waals surface area (Å²) < 4.78 is 0. The second kappa shape index (κ2) is 4.47. The maximum atomic E-state index is 11.0. The van der Waals surface area contributed by atoms with Gasteiger partial charge in [0.1, 0.15) is 0 Å². The molecule has 0 aromatic heterocycles. The van der Waals surface area contributed by atoms with Crippen LogP contribution in [0.2, 0.25) is 0 Å². The fourth-order valence-corrected chi connectivity index (χ4v) is 0.999. The third-order valence-electron chi connectivity index (χ3n) is 1.51. The maximum Gasteiger partial charge on any atom is 0.333 e.